The molecule has 3 aromatic rings. The van der Waals surface area contributed by atoms with Gasteiger partial charge >= 0.3 is 11.6 Å². The molecule has 0 spiro atoms. The Morgan fingerprint density at radius 3 is 2.53 bits per heavy atom. The first-order chi connectivity index (χ1) is 15.3. The van der Waals surface area contributed by atoms with E-state index in [0.29, 0.717) is 17.9 Å². The van der Waals surface area contributed by atoms with Crippen molar-refractivity contribution in [3.05, 3.63) is 87.8 Å². The molecule has 0 amide bonds. The number of carbonyl (C=O) groups excluding carboxylic acids is 1. The van der Waals surface area contributed by atoms with Crippen LogP contribution in [0.25, 0.3) is 11.0 Å². The number of carbonyl (C=O) groups is 1. The summed E-state index contributed by atoms with van der Waals surface area (Å²) in [6.45, 7) is 6.57. The number of ether oxygens (including phenoxy) is 2. The molecule has 3 rings (SSSR count). The number of esters is 1. The number of rotatable bonds is 8. The molecule has 0 unspecified atom stereocenters. The molecule has 0 fully saturated rings. The van der Waals surface area contributed by atoms with E-state index >= 15 is 0 Å². The molecule has 6 nitrogen and oxygen atoms in total. The molecule has 0 saturated heterocycles. The quantitative estimate of drug-likeness (QED) is 0.274. The highest BCUT2D eigenvalue weighted by molar-refractivity contribution is 5.95. The van der Waals surface area contributed by atoms with E-state index in [0.717, 1.165) is 12.8 Å². The van der Waals surface area contributed by atoms with E-state index in [9.17, 15) is 14.7 Å². The highest BCUT2D eigenvalue weighted by Gasteiger charge is 2.19. The second-order valence-corrected chi connectivity index (χ2v) is 7.66. The Morgan fingerprint density at radius 1 is 1.06 bits per heavy atom. The average Bonchev–Trinajstić information content (AvgIpc) is 2.77. The molecule has 32 heavy (non-hydrogen) atoms. The summed E-state index contributed by atoms with van der Waals surface area (Å²) in [5, 5.41) is 10.4. The fourth-order valence-electron chi connectivity index (χ4n) is 3.03. The minimum atomic E-state index is -1.000. The first-order valence-corrected chi connectivity index (χ1v) is 10.3. The van der Waals surface area contributed by atoms with Gasteiger partial charge < -0.3 is 19.0 Å². The van der Waals surface area contributed by atoms with Gasteiger partial charge in [-0.2, -0.15) is 0 Å². The first-order valence-electron chi connectivity index (χ1n) is 10.3. The molecule has 0 bridgehead atoms. The molecule has 0 atom stereocenters. The number of fused-ring (bicyclic) bond motifs is 1. The van der Waals surface area contributed by atoms with Gasteiger partial charge in [0.2, 0.25) is 5.75 Å². The van der Waals surface area contributed by atoms with Crippen LogP contribution in [0.15, 0.2) is 81.0 Å². The highest BCUT2D eigenvalue weighted by Crippen LogP contribution is 2.34. The third kappa shape index (κ3) is 5.88. The fraction of sp³-hybridized carbons (Fsp3) is 0.231. The van der Waals surface area contributed by atoms with Gasteiger partial charge in [-0.3, -0.25) is 0 Å². The largest absolute Gasteiger partial charge is 0.499 e. The van der Waals surface area contributed by atoms with Gasteiger partial charge in [-0.1, -0.05) is 35.4 Å². The van der Waals surface area contributed by atoms with E-state index in [1.54, 1.807) is 42.5 Å². The van der Waals surface area contributed by atoms with Crippen molar-refractivity contribution in [2.75, 3.05) is 6.61 Å². The zero-order valence-corrected chi connectivity index (χ0v) is 18.4. The monoisotopic (exact) mass is 434 g/mol. The van der Waals surface area contributed by atoms with Crippen molar-refractivity contribution in [2.45, 2.75) is 33.6 Å². The zero-order chi connectivity index (χ0) is 23.1. The van der Waals surface area contributed by atoms with E-state index in [4.69, 9.17) is 13.9 Å². The van der Waals surface area contributed by atoms with Crippen molar-refractivity contribution in [2.24, 2.45) is 0 Å². The lowest BCUT2D eigenvalue weighted by atomic mass is 10.1. The number of benzene rings is 2. The topological polar surface area (TPSA) is 86.0 Å². The fourth-order valence-corrected chi connectivity index (χ4v) is 3.03. The third-order valence-corrected chi connectivity index (χ3v) is 4.79. The van der Waals surface area contributed by atoms with Crippen LogP contribution in [-0.4, -0.2) is 17.7 Å². The second kappa shape index (κ2) is 10.5. The lowest BCUT2D eigenvalue weighted by Crippen LogP contribution is -2.11. The first kappa shape index (κ1) is 22.9. The number of aromatic hydroxyl groups is 1. The van der Waals surface area contributed by atoms with Gasteiger partial charge in [-0.25, -0.2) is 9.59 Å². The summed E-state index contributed by atoms with van der Waals surface area (Å²) in [5.41, 5.74) is 1.95. The lowest BCUT2D eigenvalue weighted by molar-refractivity contribution is 0.0731. The normalized spacial score (nSPS) is 11.3. The molecule has 2 aromatic carbocycles. The van der Waals surface area contributed by atoms with Crippen LogP contribution in [0.5, 0.6) is 17.2 Å². The van der Waals surface area contributed by atoms with Crippen molar-refractivity contribution in [3.63, 3.8) is 0 Å². The Hall–Kier alpha value is -3.80. The van der Waals surface area contributed by atoms with E-state index in [1.165, 1.54) is 17.2 Å². The SMILES string of the molecule is CC(C)=CCCC(C)=CCOc1ccc2c(OC(=O)c3ccccc3)c(O)c(=O)oc2c1. The van der Waals surface area contributed by atoms with Crippen molar-refractivity contribution in [1.29, 1.82) is 0 Å². The lowest BCUT2D eigenvalue weighted by Gasteiger charge is -2.10. The highest BCUT2D eigenvalue weighted by atomic mass is 16.5. The minimum absolute atomic E-state index is 0.144. The van der Waals surface area contributed by atoms with Gasteiger partial charge in [0.15, 0.2) is 5.75 Å². The van der Waals surface area contributed by atoms with E-state index in [2.05, 4.69) is 26.8 Å². The molecule has 0 aliphatic rings. The summed E-state index contributed by atoms with van der Waals surface area (Å²) in [6.07, 6.45) is 6.14. The molecule has 1 aromatic heterocycles. The minimum Gasteiger partial charge on any atom is -0.499 e. The predicted octanol–water partition coefficient (Wildman–Crippen LogP) is 5.79. The summed E-state index contributed by atoms with van der Waals surface area (Å²) < 4.78 is 16.2. The van der Waals surface area contributed by atoms with Gasteiger partial charge in [-0.05, 0) is 64.0 Å². The van der Waals surface area contributed by atoms with Gasteiger partial charge in [0.25, 0.3) is 0 Å². The van der Waals surface area contributed by atoms with Crippen LogP contribution in [0.2, 0.25) is 0 Å². The maximum Gasteiger partial charge on any atom is 0.382 e. The Bertz CT molecular complexity index is 1210. The Kier molecular flexibility index (Phi) is 7.49. The molecular weight excluding hydrogens is 408 g/mol. The van der Waals surface area contributed by atoms with Crippen LogP contribution < -0.4 is 15.1 Å². The third-order valence-electron chi connectivity index (χ3n) is 4.79. The Morgan fingerprint density at radius 2 is 1.81 bits per heavy atom. The molecule has 0 radical (unpaired) electrons. The average molecular weight is 434 g/mol. The molecular formula is C26H26O6. The Labute approximate surface area is 186 Å². The number of allylic oxidation sites excluding steroid dienone is 3. The molecule has 6 heteroatoms. The second-order valence-electron chi connectivity index (χ2n) is 7.66. The predicted molar refractivity (Wildman–Crippen MR) is 123 cm³/mol. The molecule has 0 aliphatic heterocycles. The van der Waals surface area contributed by atoms with Gasteiger partial charge in [0.1, 0.15) is 17.9 Å². The molecule has 1 heterocycles. The van der Waals surface area contributed by atoms with Crippen molar-refractivity contribution in [3.8, 4) is 17.2 Å². The van der Waals surface area contributed by atoms with Crippen molar-refractivity contribution in [1.82, 2.24) is 0 Å². The van der Waals surface area contributed by atoms with Gasteiger partial charge in [0, 0.05) is 6.07 Å². The standard InChI is InChI=1S/C26H26O6/c1-17(2)8-7-9-18(3)14-15-30-20-12-13-21-22(16-20)31-26(29)23(27)24(21)32-25(28)19-10-5-4-6-11-19/h4-6,8,10-14,16,27H,7,9,15H2,1-3H3. The summed E-state index contributed by atoms with van der Waals surface area (Å²) in [6, 6.07) is 13.1. The van der Waals surface area contributed by atoms with Crippen LogP contribution in [0.4, 0.5) is 0 Å². The van der Waals surface area contributed by atoms with Crippen LogP contribution in [0, 0.1) is 0 Å². The smallest absolute Gasteiger partial charge is 0.382 e. The molecule has 0 saturated carbocycles. The van der Waals surface area contributed by atoms with Crippen molar-refractivity contribution < 1.29 is 23.8 Å². The van der Waals surface area contributed by atoms with Crippen molar-refractivity contribution >= 4 is 16.9 Å². The maximum absolute atomic E-state index is 12.4. The summed E-state index contributed by atoms with van der Waals surface area (Å²) >= 11 is 0. The molecule has 0 aliphatic carbocycles. The molecule has 166 valence electrons. The Balaban J connectivity index is 1.77. The van der Waals surface area contributed by atoms with E-state index in [-0.39, 0.29) is 16.7 Å². The van der Waals surface area contributed by atoms with Gasteiger partial charge in [-0.15, -0.1) is 0 Å². The maximum atomic E-state index is 12.4. The zero-order valence-electron chi connectivity index (χ0n) is 18.4. The summed E-state index contributed by atoms with van der Waals surface area (Å²) in [7, 11) is 0. The van der Waals surface area contributed by atoms with Crippen LogP contribution in [0.1, 0.15) is 44.0 Å². The number of hydrogen-bond acceptors (Lipinski definition) is 6. The van der Waals surface area contributed by atoms with E-state index < -0.39 is 17.3 Å². The molecule has 1 N–H and O–H groups in total. The number of hydrogen-bond donors (Lipinski definition) is 1. The summed E-state index contributed by atoms with van der Waals surface area (Å²) in [4.78, 5) is 24.5. The summed E-state index contributed by atoms with van der Waals surface area (Å²) in [5.74, 6) is -1.21. The van der Waals surface area contributed by atoms with E-state index in [1.807, 2.05) is 6.08 Å². The van der Waals surface area contributed by atoms with Gasteiger partial charge in [0.05, 0.1) is 10.9 Å². The van der Waals surface area contributed by atoms with Crippen LogP contribution in [-0.2, 0) is 0 Å². The van der Waals surface area contributed by atoms with Crippen LogP contribution >= 0.6 is 0 Å². The van der Waals surface area contributed by atoms with Crippen LogP contribution in [0.3, 0.4) is 0 Å².